The molecule has 0 aliphatic carbocycles. The molecule has 0 bridgehead atoms. The molecule has 0 fully saturated rings. The van der Waals surface area contributed by atoms with Gasteiger partial charge in [-0.1, -0.05) is 20.3 Å². The SMILES string of the molecule is CC(C)c1nnc(CN[C@H](C)c2nnc3n2CCCCC3)n1C. The molecule has 0 amide bonds. The van der Waals surface area contributed by atoms with Crippen molar-refractivity contribution in [3.8, 4) is 0 Å². The van der Waals surface area contributed by atoms with Gasteiger partial charge >= 0.3 is 0 Å². The van der Waals surface area contributed by atoms with Gasteiger partial charge in [0.25, 0.3) is 0 Å². The summed E-state index contributed by atoms with van der Waals surface area (Å²) in [5, 5.41) is 20.9. The molecule has 1 N–H and O–H groups in total. The molecule has 0 radical (unpaired) electrons. The minimum atomic E-state index is 0.147. The summed E-state index contributed by atoms with van der Waals surface area (Å²) < 4.78 is 4.37. The summed E-state index contributed by atoms with van der Waals surface area (Å²) >= 11 is 0. The predicted octanol–water partition coefficient (Wildman–Crippen LogP) is 2.11. The highest BCUT2D eigenvalue weighted by Crippen LogP contribution is 2.19. The summed E-state index contributed by atoms with van der Waals surface area (Å²) in [6.45, 7) is 8.12. The Morgan fingerprint density at radius 1 is 1.00 bits per heavy atom. The number of aromatic nitrogens is 6. The molecular weight excluding hydrogens is 290 g/mol. The molecule has 1 aliphatic heterocycles. The summed E-state index contributed by atoms with van der Waals surface area (Å²) in [5.74, 6) is 4.52. The number of fused-ring (bicyclic) bond motifs is 1. The molecule has 1 aliphatic rings. The quantitative estimate of drug-likeness (QED) is 0.914. The van der Waals surface area contributed by atoms with Gasteiger partial charge in [0.2, 0.25) is 0 Å². The van der Waals surface area contributed by atoms with E-state index in [1.807, 2.05) is 7.05 Å². The zero-order chi connectivity index (χ0) is 16.4. The third-order valence-electron chi connectivity index (χ3n) is 4.61. The van der Waals surface area contributed by atoms with Crippen molar-refractivity contribution in [1.82, 2.24) is 34.8 Å². The summed E-state index contributed by atoms with van der Waals surface area (Å²) in [7, 11) is 2.03. The van der Waals surface area contributed by atoms with E-state index < -0.39 is 0 Å². The Labute approximate surface area is 137 Å². The van der Waals surface area contributed by atoms with Gasteiger partial charge in [-0.3, -0.25) is 0 Å². The van der Waals surface area contributed by atoms with E-state index in [4.69, 9.17) is 0 Å². The molecule has 7 nitrogen and oxygen atoms in total. The Balaban J connectivity index is 1.68. The largest absolute Gasteiger partial charge is 0.317 e. The van der Waals surface area contributed by atoms with Crippen molar-refractivity contribution in [3.63, 3.8) is 0 Å². The van der Waals surface area contributed by atoms with E-state index in [0.717, 1.165) is 36.3 Å². The second-order valence-electron chi connectivity index (χ2n) is 6.73. The molecule has 126 valence electrons. The van der Waals surface area contributed by atoms with Crippen LogP contribution in [0.3, 0.4) is 0 Å². The van der Waals surface area contributed by atoms with Crippen molar-refractivity contribution in [2.45, 2.75) is 71.5 Å². The lowest BCUT2D eigenvalue weighted by Gasteiger charge is -2.15. The fraction of sp³-hybridized carbons (Fsp3) is 0.750. The van der Waals surface area contributed by atoms with Crippen molar-refractivity contribution in [2.24, 2.45) is 7.05 Å². The van der Waals surface area contributed by atoms with Gasteiger partial charge in [-0.2, -0.15) is 0 Å². The number of aryl methyl sites for hydroxylation is 1. The molecule has 3 heterocycles. The Hall–Kier alpha value is -1.76. The molecule has 2 aromatic rings. The topological polar surface area (TPSA) is 73.5 Å². The Kier molecular flexibility index (Phi) is 4.75. The maximum absolute atomic E-state index is 4.42. The van der Waals surface area contributed by atoms with Gasteiger partial charge in [-0.15, -0.1) is 20.4 Å². The average Bonchev–Trinajstić information content (AvgIpc) is 3.01. The maximum atomic E-state index is 4.42. The second-order valence-corrected chi connectivity index (χ2v) is 6.73. The lowest BCUT2D eigenvalue weighted by molar-refractivity contribution is 0.489. The first kappa shape index (κ1) is 16.1. The minimum absolute atomic E-state index is 0.147. The van der Waals surface area contributed by atoms with Crippen LogP contribution in [0.5, 0.6) is 0 Å². The predicted molar refractivity (Wildman–Crippen MR) is 87.9 cm³/mol. The fourth-order valence-corrected chi connectivity index (χ4v) is 3.20. The first-order chi connectivity index (χ1) is 11.1. The Morgan fingerprint density at radius 2 is 1.78 bits per heavy atom. The van der Waals surface area contributed by atoms with Crippen LogP contribution >= 0.6 is 0 Å². The van der Waals surface area contributed by atoms with Gasteiger partial charge in [0.1, 0.15) is 23.3 Å². The summed E-state index contributed by atoms with van der Waals surface area (Å²) in [6.07, 6.45) is 4.75. The molecule has 1 atom stereocenters. The smallest absolute Gasteiger partial charge is 0.149 e. The molecule has 0 unspecified atom stereocenters. The number of nitrogens with one attached hydrogen (secondary N) is 1. The number of rotatable bonds is 5. The molecule has 0 aromatic carbocycles. The van der Waals surface area contributed by atoms with Crippen molar-refractivity contribution in [3.05, 3.63) is 23.3 Å². The van der Waals surface area contributed by atoms with Gasteiger partial charge in [0, 0.05) is 25.9 Å². The highest BCUT2D eigenvalue weighted by molar-refractivity contribution is 5.03. The first-order valence-corrected chi connectivity index (χ1v) is 8.61. The molecule has 7 heteroatoms. The van der Waals surface area contributed by atoms with E-state index in [1.54, 1.807) is 0 Å². The standard InChI is InChI=1S/C16H27N7/c1-11(2)15-20-19-14(22(15)4)10-17-12(3)16-21-18-13-8-6-5-7-9-23(13)16/h11-12,17H,5-10H2,1-4H3/t12-/m1/s1. The summed E-state index contributed by atoms with van der Waals surface area (Å²) in [5.41, 5.74) is 0. The first-order valence-electron chi connectivity index (χ1n) is 8.61. The fourth-order valence-electron chi connectivity index (χ4n) is 3.20. The van der Waals surface area contributed by atoms with Gasteiger partial charge in [0.05, 0.1) is 12.6 Å². The minimum Gasteiger partial charge on any atom is -0.317 e. The highest BCUT2D eigenvalue weighted by Gasteiger charge is 2.20. The van der Waals surface area contributed by atoms with Crippen LogP contribution in [-0.4, -0.2) is 29.5 Å². The second kappa shape index (κ2) is 6.78. The monoisotopic (exact) mass is 317 g/mol. The number of hydrogen-bond acceptors (Lipinski definition) is 5. The van der Waals surface area contributed by atoms with E-state index in [9.17, 15) is 0 Å². The van der Waals surface area contributed by atoms with E-state index in [-0.39, 0.29) is 6.04 Å². The lowest BCUT2D eigenvalue weighted by atomic mass is 10.2. The maximum Gasteiger partial charge on any atom is 0.149 e. The van der Waals surface area contributed by atoms with Gasteiger partial charge < -0.3 is 14.5 Å². The third kappa shape index (κ3) is 3.29. The van der Waals surface area contributed by atoms with E-state index in [1.165, 1.54) is 19.3 Å². The normalized spacial score (nSPS) is 16.4. The van der Waals surface area contributed by atoms with Crippen molar-refractivity contribution < 1.29 is 0 Å². The van der Waals surface area contributed by atoms with Crippen LogP contribution in [0.1, 0.15) is 75.3 Å². The van der Waals surface area contributed by atoms with Crippen molar-refractivity contribution in [1.29, 1.82) is 0 Å². The molecule has 0 saturated heterocycles. The van der Waals surface area contributed by atoms with Crippen molar-refractivity contribution in [2.75, 3.05) is 0 Å². The van der Waals surface area contributed by atoms with Crippen LogP contribution in [0.15, 0.2) is 0 Å². The average molecular weight is 317 g/mol. The molecule has 23 heavy (non-hydrogen) atoms. The molecule has 3 rings (SSSR count). The van der Waals surface area contributed by atoms with Crippen LogP contribution in [0.25, 0.3) is 0 Å². The zero-order valence-electron chi connectivity index (χ0n) is 14.6. The Morgan fingerprint density at radius 3 is 2.52 bits per heavy atom. The third-order valence-corrected chi connectivity index (χ3v) is 4.61. The van der Waals surface area contributed by atoms with Crippen LogP contribution in [0.4, 0.5) is 0 Å². The number of hydrogen-bond donors (Lipinski definition) is 1. The highest BCUT2D eigenvalue weighted by atomic mass is 15.3. The van der Waals surface area contributed by atoms with E-state index >= 15 is 0 Å². The van der Waals surface area contributed by atoms with Crippen LogP contribution in [0.2, 0.25) is 0 Å². The van der Waals surface area contributed by atoms with Gasteiger partial charge in [-0.05, 0) is 19.8 Å². The summed E-state index contributed by atoms with van der Waals surface area (Å²) in [4.78, 5) is 0. The molecule has 0 saturated carbocycles. The number of nitrogens with zero attached hydrogens (tertiary/aromatic N) is 6. The lowest BCUT2D eigenvalue weighted by Crippen LogP contribution is -2.24. The van der Waals surface area contributed by atoms with Crippen LogP contribution < -0.4 is 5.32 Å². The van der Waals surface area contributed by atoms with Gasteiger partial charge in [0.15, 0.2) is 0 Å². The van der Waals surface area contributed by atoms with E-state index in [2.05, 4.69) is 55.6 Å². The van der Waals surface area contributed by atoms with Crippen molar-refractivity contribution >= 4 is 0 Å². The van der Waals surface area contributed by atoms with E-state index in [0.29, 0.717) is 12.5 Å². The summed E-state index contributed by atoms with van der Waals surface area (Å²) in [6, 6.07) is 0.147. The molecule has 2 aromatic heterocycles. The molecular formula is C16H27N7. The van der Waals surface area contributed by atoms with Gasteiger partial charge in [-0.25, -0.2) is 0 Å². The molecule has 0 spiro atoms. The zero-order valence-corrected chi connectivity index (χ0v) is 14.6. The van der Waals surface area contributed by atoms with Crippen LogP contribution in [-0.2, 0) is 26.6 Å². The van der Waals surface area contributed by atoms with Crippen LogP contribution in [0, 0.1) is 0 Å². The Bertz CT molecular complexity index is 655.